The average molecular weight is 193 g/mol. The third-order valence-corrected chi connectivity index (χ3v) is 1.71. The molecule has 0 radical (unpaired) electrons. The molecular formula is C10H15N3O. The Kier molecular flexibility index (Phi) is 3.34. The molecule has 0 aliphatic carbocycles. The lowest BCUT2D eigenvalue weighted by Crippen LogP contribution is -1.84. The number of methoxy groups -OCH3 is 1. The molecule has 0 unspecified atom stereocenters. The fourth-order valence-corrected chi connectivity index (χ4v) is 1.14. The van der Waals surface area contributed by atoms with Crippen LogP contribution in [0.3, 0.4) is 0 Å². The SMILES string of the molecule is CC.COc1ccc2nc(N)[nH]c2c1. The van der Waals surface area contributed by atoms with Crippen LogP contribution in [-0.2, 0) is 0 Å². The normalized spacial score (nSPS) is 9.36. The van der Waals surface area contributed by atoms with Gasteiger partial charge in [-0.3, -0.25) is 0 Å². The van der Waals surface area contributed by atoms with Crippen molar-refractivity contribution in [1.29, 1.82) is 0 Å². The van der Waals surface area contributed by atoms with Gasteiger partial charge in [0.05, 0.1) is 18.1 Å². The summed E-state index contributed by atoms with van der Waals surface area (Å²) in [5.41, 5.74) is 7.22. The van der Waals surface area contributed by atoms with Crippen molar-refractivity contribution in [2.24, 2.45) is 0 Å². The summed E-state index contributed by atoms with van der Waals surface area (Å²) < 4.78 is 5.04. The summed E-state index contributed by atoms with van der Waals surface area (Å²) in [5, 5.41) is 0. The molecule has 1 heterocycles. The van der Waals surface area contributed by atoms with Crippen LogP contribution in [0, 0.1) is 0 Å². The number of nitrogens with zero attached hydrogens (tertiary/aromatic N) is 1. The van der Waals surface area contributed by atoms with Crippen molar-refractivity contribution < 1.29 is 4.74 Å². The van der Waals surface area contributed by atoms with Crippen LogP contribution >= 0.6 is 0 Å². The van der Waals surface area contributed by atoms with Gasteiger partial charge in [-0.05, 0) is 12.1 Å². The van der Waals surface area contributed by atoms with Gasteiger partial charge in [0.25, 0.3) is 0 Å². The molecule has 0 saturated heterocycles. The lowest BCUT2D eigenvalue weighted by atomic mass is 10.3. The van der Waals surface area contributed by atoms with E-state index in [9.17, 15) is 0 Å². The number of ether oxygens (including phenoxy) is 1. The van der Waals surface area contributed by atoms with Gasteiger partial charge < -0.3 is 15.5 Å². The standard InChI is InChI=1S/C8H9N3O.C2H6/c1-12-5-2-3-6-7(4-5)11-8(9)10-6;1-2/h2-4H,1H3,(H3,9,10,11);1-2H3. The first kappa shape index (κ1) is 10.4. The Morgan fingerprint density at radius 3 is 2.71 bits per heavy atom. The molecule has 0 atom stereocenters. The van der Waals surface area contributed by atoms with Crippen LogP contribution in [0.4, 0.5) is 5.95 Å². The number of nitrogens with two attached hydrogens (primary N) is 1. The Morgan fingerprint density at radius 1 is 1.36 bits per heavy atom. The number of anilines is 1. The first-order valence-corrected chi connectivity index (χ1v) is 4.59. The van der Waals surface area contributed by atoms with Crippen LogP contribution < -0.4 is 10.5 Å². The summed E-state index contributed by atoms with van der Waals surface area (Å²) in [6.45, 7) is 4.00. The molecule has 0 bridgehead atoms. The van der Waals surface area contributed by atoms with E-state index in [2.05, 4.69) is 9.97 Å². The van der Waals surface area contributed by atoms with Gasteiger partial charge in [0.2, 0.25) is 0 Å². The maximum absolute atomic E-state index is 5.47. The molecule has 0 aliphatic rings. The van der Waals surface area contributed by atoms with E-state index in [0.717, 1.165) is 16.8 Å². The predicted molar refractivity (Wildman–Crippen MR) is 58.4 cm³/mol. The van der Waals surface area contributed by atoms with E-state index in [1.165, 1.54) is 0 Å². The highest BCUT2D eigenvalue weighted by Gasteiger charge is 1.99. The number of aromatic amines is 1. The zero-order chi connectivity index (χ0) is 10.6. The summed E-state index contributed by atoms with van der Waals surface area (Å²) >= 11 is 0. The lowest BCUT2D eigenvalue weighted by Gasteiger charge is -1.96. The topological polar surface area (TPSA) is 63.9 Å². The van der Waals surface area contributed by atoms with E-state index in [4.69, 9.17) is 10.5 Å². The summed E-state index contributed by atoms with van der Waals surface area (Å²) in [4.78, 5) is 6.98. The minimum absolute atomic E-state index is 0.429. The molecule has 0 fully saturated rings. The second-order valence-corrected chi connectivity index (χ2v) is 2.51. The van der Waals surface area contributed by atoms with E-state index in [-0.39, 0.29) is 0 Å². The Balaban J connectivity index is 0.000000461. The average Bonchev–Trinajstić information content (AvgIpc) is 2.59. The quantitative estimate of drug-likeness (QED) is 0.729. The molecule has 76 valence electrons. The third-order valence-electron chi connectivity index (χ3n) is 1.71. The van der Waals surface area contributed by atoms with Crippen molar-refractivity contribution in [2.45, 2.75) is 13.8 Å². The molecule has 0 spiro atoms. The van der Waals surface area contributed by atoms with Gasteiger partial charge in [-0.1, -0.05) is 13.8 Å². The molecule has 2 aromatic rings. The molecule has 1 aromatic carbocycles. The molecule has 0 aliphatic heterocycles. The number of imidazole rings is 1. The van der Waals surface area contributed by atoms with Gasteiger partial charge in [-0.2, -0.15) is 0 Å². The first-order valence-electron chi connectivity index (χ1n) is 4.59. The number of aromatic nitrogens is 2. The predicted octanol–water partition coefficient (Wildman–Crippen LogP) is 2.18. The second-order valence-electron chi connectivity index (χ2n) is 2.51. The van der Waals surface area contributed by atoms with Gasteiger partial charge in [-0.15, -0.1) is 0 Å². The molecule has 4 nitrogen and oxygen atoms in total. The molecule has 0 saturated carbocycles. The maximum Gasteiger partial charge on any atom is 0.198 e. The number of nitrogen functional groups attached to an aromatic ring is 1. The van der Waals surface area contributed by atoms with Crippen molar-refractivity contribution in [3.63, 3.8) is 0 Å². The third kappa shape index (κ3) is 1.96. The fourth-order valence-electron chi connectivity index (χ4n) is 1.14. The number of nitrogens with one attached hydrogen (secondary N) is 1. The maximum atomic E-state index is 5.47. The minimum Gasteiger partial charge on any atom is -0.497 e. The van der Waals surface area contributed by atoms with Gasteiger partial charge in [0.15, 0.2) is 5.95 Å². The van der Waals surface area contributed by atoms with Crippen molar-refractivity contribution in [3.05, 3.63) is 18.2 Å². The Labute approximate surface area is 83.1 Å². The Bertz CT molecular complexity index is 409. The molecule has 14 heavy (non-hydrogen) atoms. The van der Waals surface area contributed by atoms with Gasteiger partial charge in [0.1, 0.15) is 5.75 Å². The number of H-pyrrole nitrogens is 1. The smallest absolute Gasteiger partial charge is 0.198 e. The molecule has 2 rings (SSSR count). The number of rotatable bonds is 1. The van der Waals surface area contributed by atoms with Crippen LogP contribution in [0.15, 0.2) is 18.2 Å². The van der Waals surface area contributed by atoms with E-state index in [0.29, 0.717) is 5.95 Å². The number of benzene rings is 1. The molecule has 0 amide bonds. The highest BCUT2D eigenvalue weighted by molar-refractivity contribution is 5.78. The highest BCUT2D eigenvalue weighted by atomic mass is 16.5. The summed E-state index contributed by atoms with van der Waals surface area (Å²) in [6.07, 6.45) is 0. The molecule has 3 N–H and O–H groups in total. The van der Waals surface area contributed by atoms with Crippen molar-refractivity contribution in [1.82, 2.24) is 9.97 Å². The van der Waals surface area contributed by atoms with Crippen molar-refractivity contribution in [3.8, 4) is 5.75 Å². The van der Waals surface area contributed by atoms with Gasteiger partial charge in [-0.25, -0.2) is 4.98 Å². The van der Waals surface area contributed by atoms with E-state index < -0.39 is 0 Å². The largest absolute Gasteiger partial charge is 0.497 e. The summed E-state index contributed by atoms with van der Waals surface area (Å²) in [7, 11) is 1.63. The minimum atomic E-state index is 0.429. The van der Waals surface area contributed by atoms with Crippen LogP contribution in [-0.4, -0.2) is 17.1 Å². The van der Waals surface area contributed by atoms with Crippen LogP contribution in [0.2, 0.25) is 0 Å². The van der Waals surface area contributed by atoms with E-state index >= 15 is 0 Å². The van der Waals surface area contributed by atoms with Crippen LogP contribution in [0.5, 0.6) is 5.75 Å². The van der Waals surface area contributed by atoms with Gasteiger partial charge >= 0.3 is 0 Å². The molecule has 4 heteroatoms. The Morgan fingerprint density at radius 2 is 2.07 bits per heavy atom. The van der Waals surface area contributed by atoms with Crippen LogP contribution in [0.25, 0.3) is 11.0 Å². The number of hydrogen-bond acceptors (Lipinski definition) is 3. The molecule has 1 aromatic heterocycles. The highest BCUT2D eigenvalue weighted by Crippen LogP contribution is 2.18. The van der Waals surface area contributed by atoms with E-state index in [1.54, 1.807) is 7.11 Å². The van der Waals surface area contributed by atoms with Crippen LogP contribution in [0.1, 0.15) is 13.8 Å². The zero-order valence-corrected chi connectivity index (χ0v) is 8.66. The number of fused-ring (bicyclic) bond motifs is 1. The second kappa shape index (κ2) is 4.50. The van der Waals surface area contributed by atoms with Gasteiger partial charge in [0, 0.05) is 6.07 Å². The zero-order valence-electron chi connectivity index (χ0n) is 8.66. The van der Waals surface area contributed by atoms with E-state index in [1.807, 2.05) is 32.0 Å². The summed E-state index contributed by atoms with van der Waals surface area (Å²) in [6, 6.07) is 5.57. The Hall–Kier alpha value is -1.71. The van der Waals surface area contributed by atoms with Crippen molar-refractivity contribution in [2.75, 3.05) is 12.8 Å². The lowest BCUT2D eigenvalue weighted by molar-refractivity contribution is 0.415. The van der Waals surface area contributed by atoms with Crippen molar-refractivity contribution >= 4 is 17.0 Å². The molecular weight excluding hydrogens is 178 g/mol. The monoisotopic (exact) mass is 193 g/mol. The fraction of sp³-hybridized carbons (Fsp3) is 0.300. The number of hydrogen-bond donors (Lipinski definition) is 2. The summed E-state index contributed by atoms with van der Waals surface area (Å²) in [5.74, 6) is 1.23. The first-order chi connectivity index (χ1) is 6.79.